The van der Waals surface area contributed by atoms with Crippen molar-refractivity contribution >= 4 is 28.4 Å². The molecule has 0 aromatic carbocycles. The Kier molecular flexibility index (Phi) is 3.74. The molecule has 2 atom stereocenters. The number of nitrogens with two attached hydrogens (primary N) is 1. The minimum absolute atomic E-state index is 0.404. The smallest absolute Gasteiger partial charge is 0.142 e. The minimum atomic E-state index is 0.404. The predicted octanol–water partition coefficient (Wildman–Crippen LogP) is 1.62. The first kappa shape index (κ1) is 11.1. The Morgan fingerprint density at radius 3 is 3.07 bits per heavy atom. The Balaban J connectivity index is 1.86. The summed E-state index contributed by atoms with van der Waals surface area (Å²) < 4.78 is 1.07. The zero-order valence-electron chi connectivity index (χ0n) is 8.49. The third-order valence-electron chi connectivity index (χ3n) is 2.81. The average molecular weight is 318 g/mol. The molecular formula is C10H15IN4. The summed E-state index contributed by atoms with van der Waals surface area (Å²) in [4.78, 5) is 8.16. The number of hydrogen-bond donors (Lipinski definition) is 2. The second kappa shape index (κ2) is 5.07. The lowest BCUT2D eigenvalue weighted by Crippen LogP contribution is -2.18. The van der Waals surface area contributed by atoms with Crippen LogP contribution in [0.5, 0.6) is 0 Å². The maximum atomic E-state index is 5.87. The molecule has 1 saturated carbocycles. The lowest BCUT2D eigenvalue weighted by atomic mass is 10.1. The van der Waals surface area contributed by atoms with Crippen molar-refractivity contribution in [3.8, 4) is 0 Å². The molecule has 0 amide bonds. The van der Waals surface area contributed by atoms with E-state index in [1.54, 1.807) is 6.33 Å². The van der Waals surface area contributed by atoms with E-state index < -0.39 is 0 Å². The van der Waals surface area contributed by atoms with Gasteiger partial charge in [0.15, 0.2) is 0 Å². The lowest BCUT2D eigenvalue weighted by molar-refractivity contribution is 0.564. The number of hydrogen-bond acceptors (Lipinski definition) is 4. The van der Waals surface area contributed by atoms with Gasteiger partial charge in [-0.2, -0.15) is 0 Å². The molecule has 3 N–H and O–H groups in total. The van der Waals surface area contributed by atoms with Crippen LogP contribution in [0.25, 0.3) is 0 Å². The summed E-state index contributed by atoms with van der Waals surface area (Å²) in [6.45, 7) is 0.973. The summed E-state index contributed by atoms with van der Waals surface area (Å²) in [6.07, 6.45) is 6.92. The highest BCUT2D eigenvalue weighted by atomic mass is 127. The number of aromatic nitrogens is 2. The monoisotopic (exact) mass is 318 g/mol. The minimum Gasteiger partial charge on any atom is -0.369 e. The van der Waals surface area contributed by atoms with Crippen LogP contribution in [0.3, 0.4) is 0 Å². The van der Waals surface area contributed by atoms with Crippen LogP contribution in [0.15, 0.2) is 12.5 Å². The van der Waals surface area contributed by atoms with Gasteiger partial charge in [-0.15, -0.1) is 0 Å². The third-order valence-corrected chi connectivity index (χ3v) is 3.60. The van der Waals surface area contributed by atoms with Gasteiger partial charge in [-0.3, -0.25) is 0 Å². The van der Waals surface area contributed by atoms with Crippen molar-refractivity contribution in [2.24, 2.45) is 11.7 Å². The summed E-state index contributed by atoms with van der Waals surface area (Å²) in [5, 5.41) is 3.36. The van der Waals surface area contributed by atoms with Crippen LogP contribution in [-0.4, -0.2) is 22.6 Å². The van der Waals surface area contributed by atoms with Crippen LogP contribution in [0.4, 0.5) is 5.82 Å². The number of rotatable bonds is 3. The average Bonchev–Trinajstić information content (AvgIpc) is 2.63. The van der Waals surface area contributed by atoms with Gasteiger partial charge in [-0.05, 0) is 47.8 Å². The molecule has 4 nitrogen and oxygen atoms in total. The molecule has 2 unspecified atom stereocenters. The second-order valence-corrected chi connectivity index (χ2v) is 5.20. The Bertz CT molecular complexity index is 331. The van der Waals surface area contributed by atoms with E-state index in [9.17, 15) is 0 Å². The second-order valence-electron chi connectivity index (χ2n) is 4.04. The van der Waals surface area contributed by atoms with Crippen molar-refractivity contribution in [2.45, 2.75) is 25.3 Å². The van der Waals surface area contributed by atoms with Crippen LogP contribution >= 0.6 is 22.6 Å². The van der Waals surface area contributed by atoms with Gasteiger partial charge in [0, 0.05) is 18.8 Å². The van der Waals surface area contributed by atoms with Gasteiger partial charge >= 0.3 is 0 Å². The first-order valence-corrected chi connectivity index (χ1v) is 6.28. The molecule has 1 aromatic rings. The van der Waals surface area contributed by atoms with Crippen molar-refractivity contribution in [1.29, 1.82) is 0 Å². The first-order chi connectivity index (χ1) is 7.25. The van der Waals surface area contributed by atoms with Crippen LogP contribution in [-0.2, 0) is 0 Å². The van der Waals surface area contributed by atoms with Crippen molar-refractivity contribution in [1.82, 2.24) is 9.97 Å². The molecule has 0 radical (unpaired) electrons. The van der Waals surface area contributed by atoms with Crippen LogP contribution in [0, 0.1) is 9.49 Å². The summed E-state index contributed by atoms with van der Waals surface area (Å²) in [5.41, 5.74) is 5.87. The summed E-state index contributed by atoms with van der Waals surface area (Å²) >= 11 is 2.24. The standard InChI is InChI=1S/C10H15IN4/c11-9-5-13-6-15-10(9)14-4-7-1-2-8(12)3-7/h5-8H,1-4,12H2,(H,13,14,15). The fourth-order valence-electron chi connectivity index (χ4n) is 1.98. The predicted molar refractivity (Wildman–Crippen MR) is 68.6 cm³/mol. The van der Waals surface area contributed by atoms with Gasteiger partial charge in [0.05, 0.1) is 3.57 Å². The maximum Gasteiger partial charge on any atom is 0.142 e. The van der Waals surface area contributed by atoms with E-state index in [4.69, 9.17) is 5.73 Å². The highest BCUT2D eigenvalue weighted by molar-refractivity contribution is 14.1. The Morgan fingerprint density at radius 1 is 1.53 bits per heavy atom. The molecule has 82 valence electrons. The highest BCUT2D eigenvalue weighted by Crippen LogP contribution is 2.24. The van der Waals surface area contributed by atoms with Crippen LogP contribution < -0.4 is 11.1 Å². The molecule has 0 bridgehead atoms. The van der Waals surface area contributed by atoms with E-state index in [0.717, 1.165) is 28.8 Å². The SMILES string of the molecule is NC1CCC(CNc2ncncc2I)C1. The van der Waals surface area contributed by atoms with E-state index in [2.05, 4.69) is 37.9 Å². The number of nitrogens with zero attached hydrogens (tertiary/aromatic N) is 2. The third kappa shape index (κ3) is 3.01. The van der Waals surface area contributed by atoms with Crippen molar-refractivity contribution in [2.75, 3.05) is 11.9 Å². The Labute approximate surface area is 103 Å². The fourth-order valence-corrected chi connectivity index (χ4v) is 2.47. The molecule has 0 spiro atoms. The van der Waals surface area contributed by atoms with Gasteiger partial charge in [0.1, 0.15) is 12.1 Å². The molecule has 1 aromatic heterocycles. The summed E-state index contributed by atoms with van der Waals surface area (Å²) in [6, 6.07) is 0.404. The van der Waals surface area contributed by atoms with Gasteiger partial charge in [0.2, 0.25) is 0 Å². The molecule has 1 aliphatic rings. The van der Waals surface area contributed by atoms with Gasteiger partial charge < -0.3 is 11.1 Å². The molecule has 1 aliphatic carbocycles. The number of nitrogens with one attached hydrogen (secondary N) is 1. The Hall–Kier alpha value is -0.430. The van der Waals surface area contributed by atoms with Gasteiger partial charge in [-0.1, -0.05) is 0 Å². The largest absolute Gasteiger partial charge is 0.369 e. The maximum absolute atomic E-state index is 5.87. The van der Waals surface area contributed by atoms with Gasteiger partial charge in [0.25, 0.3) is 0 Å². The van der Waals surface area contributed by atoms with E-state index >= 15 is 0 Å². The topological polar surface area (TPSA) is 63.8 Å². The van der Waals surface area contributed by atoms with Crippen molar-refractivity contribution < 1.29 is 0 Å². The van der Waals surface area contributed by atoms with Crippen molar-refractivity contribution in [3.05, 3.63) is 16.1 Å². The summed E-state index contributed by atoms with van der Waals surface area (Å²) in [7, 11) is 0. The van der Waals surface area contributed by atoms with Gasteiger partial charge in [-0.25, -0.2) is 9.97 Å². The molecule has 1 heterocycles. The van der Waals surface area contributed by atoms with E-state index in [0.29, 0.717) is 12.0 Å². The normalized spacial score (nSPS) is 25.5. The number of anilines is 1. The fraction of sp³-hybridized carbons (Fsp3) is 0.600. The lowest BCUT2D eigenvalue weighted by Gasteiger charge is -2.12. The molecular weight excluding hydrogens is 303 g/mol. The number of halogens is 1. The molecule has 0 saturated heterocycles. The molecule has 1 fully saturated rings. The molecule has 5 heteroatoms. The molecule has 15 heavy (non-hydrogen) atoms. The van der Waals surface area contributed by atoms with Crippen LogP contribution in [0.2, 0.25) is 0 Å². The van der Waals surface area contributed by atoms with E-state index in [-0.39, 0.29) is 0 Å². The van der Waals surface area contributed by atoms with Crippen LogP contribution in [0.1, 0.15) is 19.3 Å². The zero-order chi connectivity index (χ0) is 10.7. The quantitative estimate of drug-likeness (QED) is 0.832. The first-order valence-electron chi connectivity index (χ1n) is 5.20. The van der Waals surface area contributed by atoms with E-state index in [1.807, 2.05) is 6.20 Å². The zero-order valence-corrected chi connectivity index (χ0v) is 10.6. The summed E-state index contributed by atoms with van der Waals surface area (Å²) in [5.74, 6) is 1.64. The Morgan fingerprint density at radius 2 is 2.40 bits per heavy atom. The highest BCUT2D eigenvalue weighted by Gasteiger charge is 2.21. The van der Waals surface area contributed by atoms with Crippen molar-refractivity contribution in [3.63, 3.8) is 0 Å². The molecule has 0 aliphatic heterocycles. The van der Waals surface area contributed by atoms with E-state index in [1.165, 1.54) is 6.42 Å². The molecule has 2 rings (SSSR count).